The van der Waals surface area contributed by atoms with E-state index in [1.807, 2.05) is 13.8 Å². The predicted octanol–water partition coefficient (Wildman–Crippen LogP) is 3.54. The van der Waals surface area contributed by atoms with Crippen molar-refractivity contribution < 1.29 is 0 Å². The SMILES string of the molecule is CC.CC(C)(C)c1cnn2c1CCCC2. The number of hydrogen-bond acceptors (Lipinski definition) is 1. The molecule has 0 atom stereocenters. The molecule has 0 fully saturated rings. The van der Waals surface area contributed by atoms with Gasteiger partial charge in [0.1, 0.15) is 0 Å². The van der Waals surface area contributed by atoms with Gasteiger partial charge in [0.15, 0.2) is 0 Å². The standard InChI is InChI=1S/C11H18N2.C2H6/c1-11(2,3)9-8-12-13-7-5-4-6-10(9)13;1-2/h8H,4-7H2,1-3H3;1-2H3. The average molecular weight is 208 g/mol. The third kappa shape index (κ3) is 2.61. The predicted molar refractivity (Wildman–Crippen MR) is 65.2 cm³/mol. The molecule has 1 aromatic heterocycles. The number of rotatable bonds is 0. The lowest BCUT2D eigenvalue weighted by molar-refractivity contribution is 0.475. The highest BCUT2D eigenvalue weighted by Gasteiger charge is 2.23. The minimum atomic E-state index is 0.255. The van der Waals surface area contributed by atoms with Crippen molar-refractivity contribution in [3.8, 4) is 0 Å². The number of aromatic nitrogens is 2. The number of hydrogen-bond donors (Lipinski definition) is 0. The van der Waals surface area contributed by atoms with Crippen molar-refractivity contribution in [2.75, 3.05) is 0 Å². The van der Waals surface area contributed by atoms with Crippen LogP contribution in [0.5, 0.6) is 0 Å². The van der Waals surface area contributed by atoms with Crippen LogP contribution in [0.25, 0.3) is 0 Å². The van der Waals surface area contributed by atoms with Crippen molar-refractivity contribution in [3.05, 3.63) is 17.5 Å². The Balaban J connectivity index is 0.000000531. The van der Waals surface area contributed by atoms with E-state index in [0.29, 0.717) is 0 Å². The molecule has 2 heteroatoms. The van der Waals surface area contributed by atoms with E-state index in [1.54, 1.807) is 0 Å². The lowest BCUT2D eigenvalue weighted by atomic mass is 9.86. The fourth-order valence-corrected chi connectivity index (χ4v) is 2.05. The quantitative estimate of drug-likeness (QED) is 0.637. The number of fused-ring (bicyclic) bond motifs is 1. The lowest BCUT2D eigenvalue weighted by Crippen LogP contribution is -2.17. The summed E-state index contributed by atoms with van der Waals surface area (Å²) in [5.74, 6) is 0. The fourth-order valence-electron chi connectivity index (χ4n) is 2.05. The number of aryl methyl sites for hydroxylation is 1. The van der Waals surface area contributed by atoms with Crippen LogP contribution in [0.3, 0.4) is 0 Å². The maximum Gasteiger partial charge on any atom is 0.0530 e. The van der Waals surface area contributed by atoms with Gasteiger partial charge < -0.3 is 0 Å². The molecule has 2 nitrogen and oxygen atoms in total. The highest BCUT2D eigenvalue weighted by molar-refractivity contribution is 5.26. The van der Waals surface area contributed by atoms with Crippen LogP contribution < -0.4 is 0 Å². The van der Waals surface area contributed by atoms with E-state index < -0.39 is 0 Å². The summed E-state index contributed by atoms with van der Waals surface area (Å²) in [4.78, 5) is 0. The van der Waals surface area contributed by atoms with E-state index in [1.165, 1.54) is 30.5 Å². The van der Waals surface area contributed by atoms with E-state index in [4.69, 9.17) is 0 Å². The zero-order valence-corrected chi connectivity index (χ0v) is 10.8. The lowest BCUT2D eigenvalue weighted by Gasteiger charge is -2.22. The first-order chi connectivity index (χ1) is 7.09. The summed E-state index contributed by atoms with van der Waals surface area (Å²) in [6.07, 6.45) is 5.89. The monoisotopic (exact) mass is 208 g/mol. The van der Waals surface area contributed by atoms with Crippen molar-refractivity contribution in [3.63, 3.8) is 0 Å². The van der Waals surface area contributed by atoms with E-state index in [-0.39, 0.29) is 5.41 Å². The highest BCUT2D eigenvalue weighted by atomic mass is 15.3. The summed E-state index contributed by atoms with van der Waals surface area (Å²) in [6, 6.07) is 0. The Morgan fingerprint density at radius 3 is 2.47 bits per heavy atom. The molecular formula is C13H24N2. The second kappa shape index (κ2) is 4.82. The van der Waals surface area contributed by atoms with Gasteiger partial charge in [-0.2, -0.15) is 5.10 Å². The van der Waals surface area contributed by atoms with Gasteiger partial charge in [0, 0.05) is 12.2 Å². The molecule has 86 valence electrons. The molecule has 0 bridgehead atoms. The minimum Gasteiger partial charge on any atom is -0.269 e. The molecule has 0 saturated carbocycles. The van der Waals surface area contributed by atoms with Gasteiger partial charge in [-0.3, -0.25) is 4.68 Å². The smallest absolute Gasteiger partial charge is 0.0530 e. The van der Waals surface area contributed by atoms with Crippen molar-refractivity contribution in [1.82, 2.24) is 9.78 Å². The molecule has 0 aromatic carbocycles. The van der Waals surface area contributed by atoms with Crippen LogP contribution in [0, 0.1) is 0 Å². The van der Waals surface area contributed by atoms with Gasteiger partial charge in [0.05, 0.1) is 6.20 Å². The van der Waals surface area contributed by atoms with Crippen molar-refractivity contribution >= 4 is 0 Å². The molecular weight excluding hydrogens is 184 g/mol. The molecule has 0 N–H and O–H groups in total. The summed E-state index contributed by atoms with van der Waals surface area (Å²) in [7, 11) is 0. The Hall–Kier alpha value is -0.790. The Morgan fingerprint density at radius 1 is 1.20 bits per heavy atom. The van der Waals surface area contributed by atoms with Gasteiger partial charge in [-0.25, -0.2) is 0 Å². The normalized spacial score (nSPS) is 15.3. The Labute approximate surface area is 93.7 Å². The highest BCUT2D eigenvalue weighted by Crippen LogP contribution is 2.28. The molecule has 0 aliphatic carbocycles. The van der Waals surface area contributed by atoms with Crippen molar-refractivity contribution in [2.45, 2.75) is 65.8 Å². The second-order valence-electron chi connectivity index (χ2n) is 4.94. The molecule has 0 unspecified atom stereocenters. The third-order valence-corrected chi connectivity index (χ3v) is 2.79. The third-order valence-electron chi connectivity index (χ3n) is 2.79. The molecule has 0 saturated heterocycles. The largest absolute Gasteiger partial charge is 0.269 e. The summed E-state index contributed by atoms with van der Waals surface area (Å²) >= 11 is 0. The fraction of sp³-hybridized carbons (Fsp3) is 0.769. The zero-order valence-electron chi connectivity index (χ0n) is 10.8. The zero-order chi connectivity index (χ0) is 11.5. The summed E-state index contributed by atoms with van der Waals surface area (Å²) in [6.45, 7) is 11.9. The molecule has 0 spiro atoms. The Bertz CT molecular complexity index is 305. The van der Waals surface area contributed by atoms with Gasteiger partial charge >= 0.3 is 0 Å². The summed E-state index contributed by atoms with van der Waals surface area (Å²) in [5, 5.41) is 4.44. The summed E-state index contributed by atoms with van der Waals surface area (Å²) in [5.41, 5.74) is 3.16. The average Bonchev–Trinajstić information content (AvgIpc) is 2.63. The van der Waals surface area contributed by atoms with Gasteiger partial charge in [-0.05, 0) is 30.2 Å². The van der Waals surface area contributed by atoms with E-state index in [2.05, 4.69) is 36.7 Å². The maximum absolute atomic E-state index is 4.44. The molecule has 0 amide bonds. The van der Waals surface area contributed by atoms with Gasteiger partial charge in [0.2, 0.25) is 0 Å². The van der Waals surface area contributed by atoms with Gasteiger partial charge in [0.25, 0.3) is 0 Å². The van der Waals surface area contributed by atoms with Crippen LogP contribution >= 0.6 is 0 Å². The first-order valence-electron chi connectivity index (χ1n) is 6.14. The van der Waals surface area contributed by atoms with Crippen LogP contribution in [0.2, 0.25) is 0 Å². The second-order valence-corrected chi connectivity index (χ2v) is 4.94. The molecule has 2 rings (SSSR count). The van der Waals surface area contributed by atoms with E-state index in [9.17, 15) is 0 Å². The van der Waals surface area contributed by atoms with Crippen LogP contribution in [-0.4, -0.2) is 9.78 Å². The topological polar surface area (TPSA) is 17.8 Å². The number of nitrogens with zero attached hydrogens (tertiary/aromatic N) is 2. The first-order valence-corrected chi connectivity index (χ1v) is 6.14. The van der Waals surface area contributed by atoms with E-state index >= 15 is 0 Å². The molecule has 0 radical (unpaired) electrons. The van der Waals surface area contributed by atoms with Crippen LogP contribution in [0.4, 0.5) is 0 Å². The van der Waals surface area contributed by atoms with Crippen LogP contribution in [-0.2, 0) is 18.4 Å². The minimum absolute atomic E-state index is 0.255. The molecule has 2 heterocycles. The van der Waals surface area contributed by atoms with Crippen LogP contribution in [0.1, 0.15) is 58.7 Å². The molecule has 1 aliphatic heterocycles. The summed E-state index contributed by atoms with van der Waals surface area (Å²) < 4.78 is 2.18. The Morgan fingerprint density at radius 2 is 1.87 bits per heavy atom. The van der Waals surface area contributed by atoms with Crippen molar-refractivity contribution in [1.29, 1.82) is 0 Å². The Kier molecular flexibility index (Phi) is 3.95. The molecule has 1 aliphatic rings. The van der Waals surface area contributed by atoms with E-state index in [0.717, 1.165) is 6.54 Å². The maximum atomic E-state index is 4.44. The van der Waals surface area contributed by atoms with Gasteiger partial charge in [-0.15, -0.1) is 0 Å². The van der Waals surface area contributed by atoms with Crippen LogP contribution in [0.15, 0.2) is 6.20 Å². The van der Waals surface area contributed by atoms with Crippen molar-refractivity contribution in [2.24, 2.45) is 0 Å². The van der Waals surface area contributed by atoms with Gasteiger partial charge in [-0.1, -0.05) is 34.6 Å². The molecule has 15 heavy (non-hydrogen) atoms. The first kappa shape index (κ1) is 12.3. The molecule has 1 aromatic rings.